The average Bonchev–Trinajstić information content (AvgIpc) is 2.64. The minimum atomic E-state index is -0.739. The number of allylic oxidation sites excluding steroid dienone is 1. The summed E-state index contributed by atoms with van der Waals surface area (Å²) in [4.78, 5) is 25.5. The van der Waals surface area contributed by atoms with E-state index in [1.165, 1.54) is 0 Å². The zero-order valence-electron chi connectivity index (χ0n) is 13.6. The fraction of sp³-hybridized carbons (Fsp3) is 0.750. The van der Waals surface area contributed by atoms with E-state index in [1.54, 1.807) is 26.8 Å². The molecule has 6 heteroatoms. The molecule has 5 atom stereocenters. The molecule has 0 aliphatic carbocycles. The lowest BCUT2D eigenvalue weighted by molar-refractivity contribution is -0.155. The summed E-state index contributed by atoms with van der Waals surface area (Å²) in [6.07, 6.45) is 1.57. The maximum atomic E-state index is 11.9. The van der Waals surface area contributed by atoms with Crippen LogP contribution in [-0.4, -0.2) is 59.4 Å². The molecule has 0 aromatic rings. The number of carbonyl (C=O) groups is 2. The molecule has 0 aromatic carbocycles. The normalized spacial score (nSPS) is 35.3. The Morgan fingerprint density at radius 2 is 1.91 bits per heavy atom. The van der Waals surface area contributed by atoms with Crippen LogP contribution in [0.5, 0.6) is 0 Å². The Hall–Kier alpha value is -1.40. The number of hydrogen-bond donors (Lipinski definition) is 1. The van der Waals surface area contributed by atoms with Crippen LogP contribution in [0.2, 0.25) is 0 Å². The summed E-state index contributed by atoms with van der Waals surface area (Å²) >= 11 is 0. The number of fused-ring (bicyclic) bond motifs is 2. The van der Waals surface area contributed by atoms with Gasteiger partial charge in [0, 0.05) is 30.9 Å². The first kappa shape index (κ1) is 17.0. The molecule has 2 bridgehead atoms. The van der Waals surface area contributed by atoms with Crippen LogP contribution in [0.25, 0.3) is 0 Å². The molecule has 3 unspecified atom stereocenters. The van der Waals surface area contributed by atoms with Crippen LogP contribution in [0.1, 0.15) is 40.0 Å². The summed E-state index contributed by atoms with van der Waals surface area (Å²) in [5.74, 6) is -0.642. The number of ether oxygens (including phenoxy) is 2. The molecule has 0 spiro atoms. The number of esters is 2. The fourth-order valence-corrected chi connectivity index (χ4v) is 3.25. The van der Waals surface area contributed by atoms with Gasteiger partial charge in [-0.05, 0) is 20.9 Å². The second kappa shape index (κ2) is 6.79. The van der Waals surface area contributed by atoms with Gasteiger partial charge in [-0.1, -0.05) is 13.0 Å². The Labute approximate surface area is 131 Å². The molecular weight excluding hydrogens is 286 g/mol. The molecule has 124 valence electrons. The second-order valence-electron chi connectivity index (χ2n) is 6.07. The SMILES string of the molecule is C/C=C(\C)C(=O)OC1C[C@@H]2C(OC(=O)CC)C(O)[C@H](C1)N2C. The van der Waals surface area contributed by atoms with E-state index < -0.39 is 12.2 Å². The van der Waals surface area contributed by atoms with Crippen LogP contribution >= 0.6 is 0 Å². The first-order chi connectivity index (χ1) is 10.4. The van der Waals surface area contributed by atoms with Crippen LogP contribution in [0.4, 0.5) is 0 Å². The molecule has 2 saturated heterocycles. The lowest BCUT2D eigenvalue weighted by atomic mass is 10.00. The van der Waals surface area contributed by atoms with Crippen molar-refractivity contribution < 1.29 is 24.2 Å². The molecule has 0 radical (unpaired) electrons. The van der Waals surface area contributed by atoms with Gasteiger partial charge in [0.25, 0.3) is 0 Å². The van der Waals surface area contributed by atoms with Gasteiger partial charge in [-0.3, -0.25) is 9.69 Å². The highest BCUT2D eigenvalue weighted by atomic mass is 16.6. The van der Waals surface area contributed by atoms with Gasteiger partial charge in [0.1, 0.15) is 18.3 Å². The number of aliphatic hydroxyl groups excluding tert-OH is 1. The number of piperidine rings is 1. The standard InChI is InChI=1S/C16H25NO5/c1-5-9(3)16(20)21-10-7-11-14(19)15(22-13(18)6-2)12(8-10)17(11)4/h5,10-12,14-15,19H,6-8H2,1-4H3/b9-5+/t10?,11-,12+,14?,15?/m0/s1. The molecule has 2 aliphatic rings. The summed E-state index contributed by atoms with van der Waals surface area (Å²) in [6.45, 7) is 5.23. The highest BCUT2D eigenvalue weighted by Gasteiger charge is 2.53. The molecule has 2 fully saturated rings. The summed E-state index contributed by atoms with van der Waals surface area (Å²) in [5.41, 5.74) is 0.570. The summed E-state index contributed by atoms with van der Waals surface area (Å²) in [5, 5.41) is 10.4. The van der Waals surface area contributed by atoms with Crippen molar-refractivity contribution in [2.24, 2.45) is 0 Å². The predicted molar refractivity (Wildman–Crippen MR) is 80.1 cm³/mol. The Morgan fingerprint density at radius 1 is 1.27 bits per heavy atom. The molecule has 2 aliphatic heterocycles. The zero-order chi connectivity index (χ0) is 16.4. The highest BCUT2D eigenvalue weighted by molar-refractivity contribution is 5.87. The summed E-state index contributed by atoms with van der Waals surface area (Å²) in [7, 11) is 1.91. The third kappa shape index (κ3) is 3.17. The lowest BCUT2D eigenvalue weighted by Crippen LogP contribution is -2.46. The van der Waals surface area contributed by atoms with E-state index >= 15 is 0 Å². The lowest BCUT2D eigenvalue weighted by Gasteiger charge is -2.36. The Balaban J connectivity index is 2.06. The van der Waals surface area contributed by atoms with Crippen molar-refractivity contribution in [2.75, 3.05) is 7.05 Å². The van der Waals surface area contributed by atoms with E-state index in [2.05, 4.69) is 0 Å². The van der Waals surface area contributed by atoms with Crippen molar-refractivity contribution in [3.05, 3.63) is 11.6 Å². The Morgan fingerprint density at radius 3 is 2.50 bits per heavy atom. The number of hydrogen-bond acceptors (Lipinski definition) is 6. The summed E-state index contributed by atoms with van der Waals surface area (Å²) in [6, 6.07) is -0.273. The van der Waals surface area contributed by atoms with E-state index in [0.29, 0.717) is 18.4 Å². The fourth-order valence-electron chi connectivity index (χ4n) is 3.25. The largest absolute Gasteiger partial charge is 0.459 e. The molecule has 0 saturated carbocycles. The minimum Gasteiger partial charge on any atom is -0.459 e. The van der Waals surface area contributed by atoms with Crippen molar-refractivity contribution in [3.63, 3.8) is 0 Å². The third-order valence-electron chi connectivity index (χ3n) is 4.75. The first-order valence-electron chi connectivity index (χ1n) is 7.82. The number of likely N-dealkylation sites (N-methyl/N-ethyl adjacent to an activating group) is 1. The molecular formula is C16H25NO5. The van der Waals surface area contributed by atoms with Crippen molar-refractivity contribution in [2.45, 2.75) is 70.4 Å². The number of carbonyl (C=O) groups excluding carboxylic acids is 2. The first-order valence-corrected chi connectivity index (χ1v) is 7.82. The van der Waals surface area contributed by atoms with E-state index in [1.807, 2.05) is 11.9 Å². The van der Waals surface area contributed by atoms with Crippen LogP contribution in [-0.2, 0) is 19.1 Å². The van der Waals surface area contributed by atoms with E-state index in [0.717, 1.165) is 0 Å². The van der Waals surface area contributed by atoms with Gasteiger partial charge in [-0.15, -0.1) is 0 Å². The van der Waals surface area contributed by atoms with E-state index in [-0.39, 0.29) is 36.5 Å². The molecule has 22 heavy (non-hydrogen) atoms. The van der Waals surface area contributed by atoms with Gasteiger partial charge in [-0.25, -0.2) is 4.79 Å². The van der Waals surface area contributed by atoms with Gasteiger partial charge < -0.3 is 14.6 Å². The molecule has 2 rings (SSSR count). The third-order valence-corrected chi connectivity index (χ3v) is 4.75. The average molecular weight is 311 g/mol. The Bertz CT molecular complexity index is 475. The summed E-state index contributed by atoms with van der Waals surface area (Å²) < 4.78 is 10.9. The van der Waals surface area contributed by atoms with Gasteiger partial charge in [0.05, 0.1) is 6.04 Å². The van der Waals surface area contributed by atoms with Crippen molar-refractivity contribution in [1.29, 1.82) is 0 Å². The van der Waals surface area contributed by atoms with Crippen molar-refractivity contribution in [1.82, 2.24) is 4.90 Å². The molecule has 0 amide bonds. The van der Waals surface area contributed by atoms with E-state index in [9.17, 15) is 14.7 Å². The van der Waals surface area contributed by atoms with Gasteiger partial charge in [-0.2, -0.15) is 0 Å². The number of nitrogens with zero attached hydrogens (tertiary/aromatic N) is 1. The number of aliphatic hydroxyl groups is 1. The minimum absolute atomic E-state index is 0.118. The van der Waals surface area contributed by atoms with Gasteiger partial charge in [0.15, 0.2) is 0 Å². The van der Waals surface area contributed by atoms with Gasteiger partial charge >= 0.3 is 11.9 Å². The van der Waals surface area contributed by atoms with Crippen molar-refractivity contribution >= 4 is 11.9 Å². The highest BCUT2D eigenvalue weighted by Crippen LogP contribution is 2.38. The topological polar surface area (TPSA) is 76.1 Å². The van der Waals surface area contributed by atoms with Crippen molar-refractivity contribution in [3.8, 4) is 0 Å². The molecule has 0 aromatic heterocycles. The van der Waals surface area contributed by atoms with Crippen LogP contribution < -0.4 is 0 Å². The number of rotatable bonds is 4. The molecule has 2 heterocycles. The Kier molecular flexibility index (Phi) is 5.24. The maximum absolute atomic E-state index is 11.9. The van der Waals surface area contributed by atoms with Crippen LogP contribution in [0.15, 0.2) is 11.6 Å². The maximum Gasteiger partial charge on any atom is 0.333 e. The second-order valence-corrected chi connectivity index (χ2v) is 6.07. The molecule has 6 nitrogen and oxygen atoms in total. The monoisotopic (exact) mass is 311 g/mol. The zero-order valence-corrected chi connectivity index (χ0v) is 13.6. The van der Waals surface area contributed by atoms with Crippen LogP contribution in [0, 0.1) is 0 Å². The van der Waals surface area contributed by atoms with E-state index in [4.69, 9.17) is 9.47 Å². The quantitative estimate of drug-likeness (QED) is 0.617. The van der Waals surface area contributed by atoms with Crippen LogP contribution in [0.3, 0.4) is 0 Å². The predicted octanol–water partition coefficient (Wildman–Crippen LogP) is 1.02. The molecule has 1 N–H and O–H groups in total. The smallest absolute Gasteiger partial charge is 0.333 e. The van der Waals surface area contributed by atoms with Gasteiger partial charge in [0.2, 0.25) is 0 Å².